The second kappa shape index (κ2) is 7.26. The van der Waals surface area contributed by atoms with Gasteiger partial charge in [0.05, 0.1) is 11.7 Å². The van der Waals surface area contributed by atoms with Gasteiger partial charge in [-0.25, -0.2) is 0 Å². The lowest BCUT2D eigenvalue weighted by Gasteiger charge is -2.61. The van der Waals surface area contributed by atoms with Crippen LogP contribution in [0.5, 0.6) is 0 Å². The molecular formula is C26H46O2. The van der Waals surface area contributed by atoms with Crippen molar-refractivity contribution in [1.29, 1.82) is 0 Å². The van der Waals surface area contributed by atoms with E-state index in [9.17, 15) is 10.2 Å². The van der Waals surface area contributed by atoms with Gasteiger partial charge in [-0.15, -0.1) is 0 Å². The Morgan fingerprint density at radius 1 is 0.929 bits per heavy atom. The highest BCUT2D eigenvalue weighted by atomic mass is 16.3. The molecular weight excluding hydrogens is 344 g/mol. The number of aliphatic hydroxyl groups is 2. The first-order valence-electron chi connectivity index (χ1n) is 12.4. The third kappa shape index (κ3) is 3.49. The molecule has 0 heterocycles. The van der Waals surface area contributed by atoms with Gasteiger partial charge in [0.15, 0.2) is 0 Å². The van der Waals surface area contributed by atoms with Crippen molar-refractivity contribution in [3.63, 3.8) is 0 Å². The molecule has 0 amide bonds. The first kappa shape index (κ1) is 21.2. The molecule has 4 fully saturated rings. The third-order valence-electron chi connectivity index (χ3n) is 10.6. The molecule has 2 heteroatoms. The van der Waals surface area contributed by atoms with Crippen LogP contribution in [-0.4, -0.2) is 21.9 Å². The lowest BCUT2D eigenvalue weighted by molar-refractivity contribution is -0.129. The van der Waals surface area contributed by atoms with Gasteiger partial charge < -0.3 is 10.2 Å². The zero-order valence-electron chi connectivity index (χ0n) is 19.2. The van der Waals surface area contributed by atoms with Crippen LogP contribution in [0.4, 0.5) is 0 Å². The van der Waals surface area contributed by atoms with E-state index in [4.69, 9.17) is 0 Å². The van der Waals surface area contributed by atoms with Gasteiger partial charge in [0.1, 0.15) is 0 Å². The van der Waals surface area contributed by atoms with Crippen molar-refractivity contribution in [1.82, 2.24) is 0 Å². The number of hydrogen-bond acceptors (Lipinski definition) is 2. The van der Waals surface area contributed by atoms with Gasteiger partial charge in [-0.05, 0) is 131 Å². The van der Waals surface area contributed by atoms with Crippen LogP contribution < -0.4 is 0 Å². The molecule has 0 aliphatic heterocycles. The molecule has 0 aromatic carbocycles. The molecule has 0 saturated heterocycles. The van der Waals surface area contributed by atoms with E-state index in [1.54, 1.807) is 0 Å². The summed E-state index contributed by atoms with van der Waals surface area (Å²) < 4.78 is 0. The minimum absolute atomic E-state index is 0.0315. The van der Waals surface area contributed by atoms with Gasteiger partial charge in [0.2, 0.25) is 0 Å². The summed E-state index contributed by atoms with van der Waals surface area (Å²) in [5.74, 6) is 5.11. The number of fused-ring (bicyclic) bond motifs is 5. The number of hydrogen-bond donors (Lipinski definition) is 2. The summed E-state index contributed by atoms with van der Waals surface area (Å²) in [6.07, 6.45) is 13.9. The van der Waals surface area contributed by atoms with E-state index >= 15 is 0 Å². The fourth-order valence-electron chi connectivity index (χ4n) is 8.99. The Balaban J connectivity index is 1.49. The van der Waals surface area contributed by atoms with E-state index in [-0.39, 0.29) is 6.10 Å². The maximum absolute atomic E-state index is 10.2. The summed E-state index contributed by atoms with van der Waals surface area (Å²) in [6.45, 7) is 11.6. The lowest BCUT2D eigenvalue weighted by atomic mass is 9.44. The monoisotopic (exact) mass is 390 g/mol. The predicted octanol–water partition coefficient (Wildman–Crippen LogP) is 6.19. The molecule has 0 aromatic heterocycles. The minimum Gasteiger partial charge on any atom is -0.393 e. The van der Waals surface area contributed by atoms with Crippen molar-refractivity contribution in [2.24, 2.45) is 46.3 Å². The largest absolute Gasteiger partial charge is 0.393 e. The molecule has 0 spiro atoms. The van der Waals surface area contributed by atoms with Gasteiger partial charge in [0, 0.05) is 0 Å². The van der Waals surface area contributed by atoms with Crippen molar-refractivity contribution in [3.8, 4) is 0 Å². The van der Waals surface area contributed by atoms with E-state index in [2.05, 4.69) is 20.8 Å². The fraction of sp³-hybridized carbons (Fsp3) is 1.00. The van der Waals surface area contributed by atoms with Crippen LogP contribution in [0.2, 0.25) is 0 Å². The Bertz CT molecular complexity index is 565. The normalized spacial score (nSPS) is 49.8. The average Bonchev–Trinajstić information content (AvgIpc) is 2.97. The second-order valence-electron chi connectivity index (χ2n) is 12.6. The Hall–Kier alpha value is -0.0800. The van der Waals surface area contributed by atoms with E-state index in [0.717, 1.165) is 54.8 Å². The molecule has 0 radical (unpaired) electrons. The highest BCUT2D eigenvalue weighted by Gasteiger charge is 2.60. The number of aliphatic hydroxyl groups excluding tert-OH is 1. The smallest absolute Gasteiger partial charge is 0.0591 e. The van der Waals surface area contributed by atoms with Gasteiger partial charge in [0.25, 0.3) is 0 Å². The second-order valence-corrected chi connectivity index (χ2v) is 12.6. The van der Waals surface area contributed by atoms with Crippen LogP contribution in [0.3, 0.4) is 0 Å². The molecule has 28 heavy (non-hydrogen) atoms. The summed E-state index contributed by atoms with van der Waals surface area (Å²) in [5, 5.41) is 20.4. The van der Waals surface area contributed by atoms with Gasteiger partial charge in [-0.1, -0.05) is 20.8 Å². The molecule has 0 aromatic rings. The highest BCUT2D eigenvalue weighted by molar-refractivity contribution is 5.09. The standard InChI is InChI=1S/C26H46O2/c1-17(10-13-24(2,3)28)21-8-9-22-20-7-6-18-16-19(27)11-14-25(18,4)23(20)12-15-26(21,22)5/h17-23,27-28H,6-16H2,1-5H3/t17-,18+,19+,20?,21-,22?,23?,25+,26-/m1/s1. The molecule has 4 rings (SSSR count). The molecule has 2 nitrogen and oxygen atoms in total. The molecule has 3 unspecified atom stereocenters. The maximum atomic E-state index is 10.2. The summed E-state index contributed by atoms with van der Waals surface area (Å²) >= 11 is 0. The lowest BCUT2D eigenvalue weighted by Crippen LogP contribution is -2.54. The molecule has 2 N–H and O–H groups in total. The first-order valence-corrected chi connectivity index (χ1v) is 12.4. The van der Waals surface area contributed by atoms with Crippen LogP contribution in [0.1, 0.15) is 105 Å². The topological polar surface area (TPSA) is 40.5 Å². The van der Waals surface area contributed by atoms with Gasteiger partial charge >= 0.3 is 0 Å². The van der Waals surface area contributed by atoms with E-state index in [1.165, 1.54) is 51.4 Å². The third-order valence-corrected chi connectivity index (χ3v) is 10.6. The Labute approximate surface area is 173 Å². The SMILES string of the molecule is C[C@H](CCC(C)(C)O)[C@H]1CCC2C3CC[C@H]4C[C@@H](O)CC[C@]4(C)C3CC[C@@]21C. The van der Waals surface area contributed by atoms with Crippen molar-refractivity contribution < 1.29 is 10.2 Å². The van der Waals surface area contributed by atoms with Crippen LogP contribution >= 0.6 is 0 Å². The maximum Gasteiger partial charge on any atom is 0.0591 e. The van der Waals surface area contributed by atoms with E-state index in [0.29, 0.717) is 10.8 Å². The summed E-state index contributed by atoms with van der Waals surface area (Å²) in [7, 11) is 0. The summed E-state index contributed by atoms with van der Waals surface area (Å²) in [5.41, 5.74) is 0.495. The number of rotatable bonds is 4. The molecule has 162 valence electrons. The van der Waals surface area contributed by atoms with Crippen LogP contribution in [0.25, 0.3) is 0 Å². The molecule has 9 atom stereocenters. The molecule has 4 aliphatic carbocycles. The van der Waals surface area contributed by atoms with Crippen molar-refractivity contribution in [2.75, 3.05) is 0 Å². The van der Waals surface area contributed by atoms with Gasteiger partial charge in [-0.2, -0.15) is 0 Å². The molecule has 0 bridgehead atoms. The van der Waals surface area contributed by atoms with Crippen molar-refractivity contribution in [3.05, 3.63) is 0 Å². The van der Waals surface area contributed by atoms with E-state index in [1.807, 2.05) is 13.8 Å². The van der Waals surface area contributed by atoms with Crippen molar-refractivity contribution >= 4 is 0 Å². The minimum atomic E-state index is -0.524. The zero-order valence-corrected chi connectivity index (χ0v) is 19.2. The zero-order chi connectivity index (χ0) is 20.3. The summed E-state index contributed by atoms with van der Waals surface area (Å²) in [4.78, 5) is 0. The molecule has 4 aliphatic rings. The van der Waals surface area contributed by atoms with Crippen LogP contribution in [0.15, 0.2) is 0 Å². The Morgan fingerprint density at radius 2 is 1.61 bits per heavy atom. The van der Waals surface area contributed by atoms with Gasteiger partial charge in [-0.3, -0.25) is 0 Å². The van der Waals surface area contributed by atoms with Crippen LogP contribution in [-0.2, 0) is 0 Å². The van der Waals surface area contributed by atoms with Crippen LogP contribution in [0, 0.1) is 46.3 Å². The van der Waals surface area contributed by atoms with E-state index < -0.39 is 5.60 Å². The van der Waals surface area contributed by atoms with Crippen molar-refractivity contribution in [2.45, 2.75) is 117 Å². The predicted molar refractivity (Wildman–Crippen MR) is 116 cm³/mol. The summed E-state index contributed by atoms with van der Waals surface area (Å²) in [6, 6.07) is 0. The quantitative estimate of drug-likeness (QED) is 0.600. The fourth-order valence-corrected chi connectivity index (χ4v) is 8.99. The average molecular weight is 391 g/mol. The Morgan fingerprint density at radius 3 is 2.32 bits per heavy atom. The first-order chi connectivity index (χ1) is 13.0. The Kier molecular flexibility index (Phi) is 5.49. The highest BCUT2D eigenvalue weighted by Crippen LogP contribution is 2.68. The molecule has 4 saturated carbocycles.